The van der Waals surface area contributed by atoms with Crippen LogP contribution < -0.4 is 15.4 Å². The Bertz CT molecular complexity index is 430. The zero-order valence-corrected chi connectivity index (χ0v) is 12.0. The van der Waals surface area contributed by atoms with Crippen molar-refractivity contribution in [2.24, 2.45) is 0 Å². The number of carbonyl (C=O) groups is 1. The lowest BCUT2D eigenvalue weighted by atomic mass is 10.3. The Morgan fingerprint density at radius 1 is 1.37 bits per heavy atom. The van der Waals surface area contributed by atoms with Crippen molar-refractivity contribution in [3.63, 3.8) is 0 Å². The summed E-state index contributed by atoms with van der Waals surface area (Å²) in [6.45, 7) is 6.56. The molecule has 1 amide bonds. The molecule has 0 saturated carbocycles. The molecule has 0 aromatic carbocycles. The Morgan fingerprint density at radius 3 is 2.74 bits per heavy atom. The fourth-order valence-electron chi connectivity index (χ4n) is 1.25. The van der Waals surface area contributed by atoms with Crippen molar-refractivity contribution in [2.45, 2.75) is 33.2 Å². The lowest BCUT2D eigenvalue weighted by molar-refractivity contribution is -0.121. The van der Waals surface area contributed by atoms with Gasteiger partial charge in [0.2, 0.25) is 17.1 Å². The van der Waals surface area contributed by atoms with Crippen molar-refractivity contribution in [3.8, 4) is 6.01 Å². The quantitative estimate of drug-likeness (QED) is 0.784. The Hall–Kier alpha value is -1.63. The molecule has 0 fully saturated rings. The summed E-state index contributed by atoms with van der Waals surface area (Å²) < 4.78 is 5.15. The van der Waals surface area contributed by atoms with Crippen LogP contribution in [0.15, 0.2) is 0 Å². The number of rotatable bonds is 7. The molecule has 19 heavy (non-hydrogen) atoms. The Balaban J connectivity index is 2.67. The zero-order chi connectivity index (χ0) is 14.3. The Labute approximate surface area is 117 Å². The highest BCUT2D eigenvalue weighted by Crippen LogP contribution is 2.12. The topological polar surface area (TPSA) is 89.0 Å². The molecule has 1 rings (SSSR count). The molecule has 0 saturated heterocycles. The summed E-state index contributed by atoms with van der Waals surface area (Å²) in [5.74, 6) is 0.0824. The molecular formula is C11H18ClN5O2. The predicted molar refractivity (Wildman–Crippen MR) is 72.4 cm³/mol. The highest BCUT2D eigenvalue weighted by molar-refractivity contribution is 6.28. The maximum Gasteiger partial charge on any atom is 0.322 e. The standard InChI is InChI=1S/C11H18ClN5O2/c1-4-6-13-8(18)7(3)14-10-15-9(12)16-11(17-10)19-5-2/h7H,4-6H2,1-3H3,(H,13,18)(H,14,15,16,17). The highest BCUT2D eigenvalue weighted by Gasteiger charge is 2.14. The number of aromatic nitrogens is 3. The third kappa shape index (κ3) is 5.25. The summed E-state index contributed by atoms with van der Waals surface area (Å²) in [6, 6.07) is -0.342. The molecule has 1 heterocycles. The number of hydrogen-bond acceptors (Lipinski definition) is 6. The van der Waals surface area contributed by atoms with Crippen LogP contribution in [-0.4, -0.2) is 40.1 Å². The van der Waals surface area contributed by atoms with Gasteiger partial charge in [-0.3, -0.25) is 4.79 Å². The number of hydrogen-bond donors (Lipinski definition) is 2. The maximum atomic E-state index is 11.7. The smallest absolute Gasteiger partial charge is 0.322 e. The van der Waals surface area contributed by atoms with Crippen LogP contribution in [0.4, 0.5) is 5.95 Å². The molecule has 1 atom stereocenters. The summed E-state index contributed by atoms with van der Waals surface area (Å²) in [5.41, 5.74) is 0. The van der Waals surface area contributed by atoms with Crippen LogP contribution in [0.1, 0.15) is 27.2 Å². The van der Waals surface area contributed by atoms with Gasteiger partial charge in [-0.05, 0) is 31.9 Å². The van der Waals surface area contributed by atoms with Gasteiger partial charge in [-0.15, -0.1) is 0 Å². The average molecular weight is 288 g/mol. The highest BCUT2D eigenvalue weighted by atomic mass is 35.5. The van der Waals surface area contributed by atoms with Gasteiger partial charge in [-0.2, -0.15) is 15.0 Å². The van der Waals surface area contributed by atoms with Crippen LogP contribution >= 0.6 is 11.6 Å². The monoisotopic (exact) mass is 287 g/mol. The molecule has 0 aliphatic carbocycles. The summed E-state index contributed by atoms with van der Waals surface area (Å²) >= 11 is 5.75. The van der Waals surface area contributed by atoms with Crippen molar-refractivity contribution >= 4 is 23.5 Å². The number of carbonyl (C=O) groups excluding carboxylic acids is 1. The van der Waals surface area contributed by atoms with Gasteiger partial charge in [0.15, 0.2) is 0 Å². The number of nitrogens with one attached hydrogen (secondary N) is 2. The molecule has 106 valence electrons. The van der Waals surface area contributed by atoms with E-state index in [1.165, 1.54) is 0 Å². The fraction of sp³-hybridized carbons (Fsp3) is 0.636. The minimum atomic E-state index is -0.473. The summed E-state index contributed by atoms with van der Waals surface area (Å²) in [7, 11) is 0. The number of halogens is 1. The molecule has 2 N–H and O–H groups in total. The van der Waals surface area contributed by atoms with Crippen molar-refractivity contribution in [1.82, 2.24) is 20.3 Å². The molecule has 1 unspecified atom stereocenters. The van der Waals surface area contributed by atoms with Crippen molar-refractivity contribution in [1.29, 1.82) is 0 Å². The second-order valence-electron chi connectivity index (χ2n) is 3.80. The Morgan fingerprint density at radius 2 is 2.11 bits per heavy atom. The van der Waals surface area contributed by atoms with Crippen molar-refractivity contribution < 1.29 is 9.53 Å². The van der Waals surface area contributed by atoms with Crippen LogP contribution in [0.25, 0.3) is 0 Å². The van der Waals surface area contributed by atoms with E-state index in [9.17, 15) is 4.79 Å². The number of anilines is 1. The van der Waals surface area contributed by atoms with E-state index in [0.29, 0.717) is 13.2 Å². The van der Waals surface area contributed by atoms with Crippen LogP contribution in [0.2, 0.25) is 5.28 Å². The normalized spacial score (nSPS) is 11.8. The Kier molecular flexibility index (Phi) is 6.27. The van der Waals surface area contributed by atoms with E-state index in [0.717, 1.165) is 6.42 Å². The minimum absolute atomic E-state index is 0.0158. The first-order chi connectivity index (χ1) is 9.06. The van der Waals surface area contributed by atoms with Crippen LogP contribution in [0.5, 0.6) is 6.01 Å². The molecule has 7 nitrogen and oxygen atoms in total. The molecule has 8 heteroatoms. The van der Waals surface area contributed by atoms with Gasteiger partial charge in [0.05, 0.1) is 6.61 Å². The minimum Gasteiger partial charge on any atom is -0.464 e. The van der Waals surface area contributed by atoms with E-state index in [2.05, 4.69) is 25.6 Å². The van der Waals surface area contributed by atoms with E-state index >= 15 is 0 Å². The van der Waals surface area contributed by atoms with E-state index < -0.39 is 6.04 Å². The first-order valence-corrected chi connectivity index (χ1v) is 6.53. The summed E-state index contributed by atoms with van der Waals surface area (Å²) in [5, 5.41) is 5.64. The average Bonchev–Trinajstić information content (AvgIpc) is 2.35. The van der Waals surface area contributed by atoms with Gasteiger partial charge in [0, 0.05) is 6.54 Å². The van der Waals surface area contributed by atoms with Gasteiger partial charge in [0.1, 0.15) is 6.04 Å². The van der Waals surface area contributed by atoms with E-state index in [4.69, 9.17) is 16.3 Å². The van der Waals surface area contributed by atoms with Gasteiger partial charge in [-0.1, -0.05) is 6.92 Å². The third-order valence-corrected chi connectivity index (χ3v) is 2.32. The first kappa shape index (κ1) is 15.4. The molecule has 0 aliphatic heterocycles. The van der Waals surface area contributed by atoms with Gasteiger partial charge >= 0.3 is 6.01 Å². The fourth-order valence-corrected chi connectivity index (χ4v) is 1.40. The first-order valence-electron chi connectivity index (χ1n) is 6.15. The van der Waals surface area contributed by atoms with E-state index in [1.54, 1.807) is 6.92 Å². The maximum absolute atomic E-state index is 11.7. The zero-order valence-electron chi connectivity index (χ0n) is 11.2. The number of nitrogens with zero attached hydrogens (tertiary/aromatic N) is 3. The summed E-state index contributed by atoms with van der Waals surface area (Å²) in [4.78, 5) is 23.4. The second-order valence-corrected chi connectivity index (χ2v) is 4.14. The second kappa shape index (κ2) is 7.73. The van der Waals surface area contributed by atoms with Crippen LogP contribution in [0.3, 0.4) is 0 Å². The summed E-state index contributed by atoms with van der Waals surface area (Å²) in [6.07, 6.45) is 0.879. The van der Waals surface area contributed by atoms with Crippen molar-refractivity contribution in [3.05, 3.63) is 5.28 Å². The molecule has 0 radical (unpaired) electrons. The molecule has 0 bridgehead atoms. The van der Waals surface area contributed by atoms with Crippen molar-refractivity contribution in [2.75, 3.05) is 18.5 Å². The largest absolute Gasteiger partial charge is 0.464 e. The van der Waals surface area contributed by atoms with Gasteiger partial charge in [0.25, 0.3) is 0 Å². The van der Waals surface area contributed by atoms with Gasteiger partial charge in [-0.25, -0.2) is 0 Å². The molecule has 0 spiro atoms. The van der Waals surface area contributed by atoms with E-state index in [-0.39, 0.29) is 23.1 Å². The molecule has 1 aromatic heterocycles. The molecule has 1 aromatic rings. The predicted octanol–water partition coefficient (Wildman–Crippen LogP) is 1.25. The number of amides is 1. The SMILES string of the molecule is CCCNC(=O)C(C)Nc1nc(Cl)nc(OCC)n1. The van der Waals surface area contributed by atoms with E-state index in [1.807, 2.05) is 13.8 Å². The third-order valence-electron chi connectivity index (χ3n) is 2.15. The molecular weight excluding hydrogens is 270 g/mol. The van der Waals surface area contributed by atoms with Gasteiger partial charge < -0.3 is 15.4 Å². The lowest BCUT2D eigenvalue weighted by Gasteiger charge is -2.13. The van der Waals surface area contributed by atoms with Crippen LogP contribution in [-0.2, 0) is 4.79 Å². The van der Waals surface area contributed by atoms with Crippen LogP contribution in [0, 0.1) is 0 Å². The lowest BCUT2D eigenvalue weighted by Crippen LogP contribution is -2.38. The number of ether oxygens (including phenoxy) is 1. The molecule has 0 aliphatic rings.